The van der Waals surface area contributed by atoms with Gasteiger partial charge in [0.1, 0.15) is 0 Å². The molecule has 2 rings (SSSR count). The van der Waals surface area contributed by atoms with E-state index in [0.29, 0.717) is 11.5 Å². The number of sulfone groups is 1. The molecular formula is C19H23NO3S. The standard InChI is InChI=1S/C19H23NO3S/c1-14(2)12-18(15-8-5-4-6-9-15)20-19(21)16-10-7-11-17(13-16)24(3,22)23/h4-11,13-14,18H,12H2,1-3H3,(H,20,21). The topological polar surface area (TPSA) is 63.2 Å². The predicted octanol–water partition coefficient (Wildman–Crippen LogP) is 3.61. The molecule has 0 aliphatic rings. The van der Waals surface area contributed by atoms with Crippen LogP contribution in [0.25, 0.3) is 0 Å². The average molecular weight is 345 g/mol. The minimum absolute atomic E-state index is 0.111. The Hall–Kier alpha value is -2.14. The van der Waals surface area contributed by atoms with Gasteiger partial charge in [0.25, 0.3) is 5.91 Å². The van der Waals surface area contributed by atoms with Crippen molar-refractivity contribution >= 4 is 15.7 Å². The van der Waals surface area contributed by atoms with Gasteiger partial charge in [-0.05, 0) is 36.1 Å². The van der Waals surface area contributed by atoms with Crippen molar-refractivity contribution in [1.29, 1.82) is 0 Å². The number of carbonyl (C=O) groups is 1. The van der Waals surface area contributed by atoms with Crippen LogP contribution in [-0.2, 0) is 9.84 Å². The van der Waals surface area contributed by atoms with Crippen molar-refractivity contribution in [2.24, 2.45) is 5.92 Å². The van der Waals surface area contributed by atoms with Crippen LogP contribution in [0.2, 0.25) is 0 Å². The predicted molar refractivity (Wildman–Crippen MR) is 95.7 cm³/mol. The molecule has 1 unspecified atom stereocenters. The Labute approximate surface area is 143 Å². The summed E-state index contributed by atoms with van der Waals surface area (Å²) in [5, 5.41) is 3.03. The van der Waals surface area contributed by atoms with E-state index in [-0.39, 0.29) is 16.8 Å². The first-order chi connectivity index (χ1) is 11.3. The number of benzene rings is 2. The van der Waals surface area contributed by atoms with Gasteiger partial charge in [-0.2, -0.15) is 0 Å². The van der Waals surface area contributed by atoms with Crippen LogP contribution in [0.4, 0.5) is 0 Å². The zero-order chi connectivity index (χ0) is 17.7. The molecule has 0 bridgehead atoms. The van der Waals surface area contributed by atoms with Crippen LogP contribution in [0.3, 0.4) is 0 Å². The van der Waals surface area contributed by atoms with Gasteiger partial charge in [0.15, 0.2) is 9.84 Å². The summed E-state index contributed by atoms with van der Waals surface area (Å²) >= 11 is 0. The lowest BCUT2D eigenvalue weighted by atomic mass is 9.96. The van der Waals surface area contributed by atoms with Crippen LogP contribution in [0.15, 0.2) is 59.5 Å². The molecule has 0 aromatic heterocycles. The highest BCUT2D eigenvalue weighted by molar-refractivity contribution is 7.90. The van der Waals surface area contributed by atoms with Crippen LogP contribution in [-0.4, -0.2) is 20.6 Å². The highest BCUT2D eigenvalue weighted by atomic mass is 32.2. The fourth-order valence-corrected chi connectivity index (χ4v) is 3.21. The number of carbonyl (C=O) groups excluding carboxylic acids is 1. The number of rotatable bonds is 6. The van der Waals surface area contributed by atoms with E-state index in [9.17, 15) is 13.2 Å². The molecule has 1 amide bonds. The summed E-state index contributed by atoms with van der Waals surface area (Å²) in [5.41, 5.74) is 1.39. The Balaban J connectivity index is 2.25. The van der Waals surface area contributed by atoms with E-state index in [1.54, 1.807) is 12.1 Å². The van der Waals surface area contributed by atoms with E-state index >= 15 is 0 Å². The van der Waals surface area contributed by atoms with Crippen molar-refractivity contribution < 1.29 is 13.2 Å². The third-order valence-corrected chi connectivity index (χ3v) is 4.85. The summed E-state index contributed by atoms with van der Waals surface area (Å²) < 4.78 is 23.3. The van der Waals surface area contributed by atoms with E-state index in [2.05, 4.69) is 19.2 Å². The third-order valence-electron chi connectivity index (χ3n) is 3.74. The van der Waals surface area contributed by atoms with Crippen molar-refractivity contribution in [3.63, 3.8) is 0 Å². The molecule has 1 N–H and O–H groups in total. The highest BCUT2D eigenvalue weighted by Crippen LogP contribution is 2.22. The summed E-state index contributed by atoms with van der Waals surface area (Å²) in [5.74, 6) is 0.146. The zero-order valence-corrected chi connectivity index (χ0v) is 15.0. The summed E-state index contributed by atoms with van der Waals surface area (Å²) in [7, 11) is -3.34. The quantitative estimate of drug-likeness (QED) is 0.870. The lowest BCUT2D eigenvalue weighted by molar-refractivity contribution is 0.0931. The molecule has 0 aliphatic carbocycles. The maximum absolute atomic E-state index is 12.6. The molecule has 1 atom stereocenters. The van der Waals surface area contributed by atoms with E-state index in [1.165, 1.54) is 12.1 Å². The number of amides is 1. The van der Waals surface area contributed by atoms with Crippen LogP contribution < -0.4 is 5.32 Å². The van der Waals surface area contributed by atoms with Gasteiger partial charge < -0.3 is 5.32 Å². The Bertz CT molecular complexity index is 798. The summed E-state index contributed by atoms with van der Waals surface area (Å²) in [6.07, 6.45) is 1.94. The average Bonchev–Trinajstić information content (AvgIpc) is 2.54. The van der Waals surface area contributed by atoms with Crippen LogP contribution in [0, 0.1) is 5.92 Å². The van der Waals surface area contributed by atoms with Crippen molar-refractivity contribution in [3.05, 3.63) is 65.7 Å². The second kappa shape index (κ2) is 7.62. The highest BCUT2D eigenvalue weighted by Gasteiger charge is 2.18. The Morgan fingerprint density at radius 3 is 2.29 bits per heavy atom. The molecule has 0 radical (unpaired) electrons. The molecule has 2 aromatic carbocycles. The third kappa shape index (κ3) is 4.93. The first-order valence-corrected chi connectivity index (χ1v) is 9.82. The first kappa shape index (κ1) is 18.2. The molecule has 0 heterocycles. The molecule has 5 heteroatoms. The number of nitrogens with one attached hydrogen (secondary N) is 1. The Morgan fingerprint density at radius 1 is 1.04 bits per heavy atom. The van der Waals surface area contributed by atoms with Gasteiger partial charge >= 0.3 is 0 Å². The van der Waals surface area contributed by atoms with Gasteiger partial charge in [-0.15, -0.1) is 0 Å². The van der Waals surface area contributed by atoms with Gasteiger partial charge in [0.05, 0.1) is 10.9 Å². The molecule has 0 aliphatic heterocycles. The van der Waals surface area contributed by atoms with E-state index < -0.39 is 9.84 Å². The zero-order valence-electron chi connectivity index (χ0n) is 14.2. The SMILES string of the molecule is CC(C)CC(NC(=O)c1cccc(S(C)(=O)=O)c1)c1ccccc1. The van der Waals surface area contributed by atoms with E-state index in [4.69, 9.17) is 0 Å². The molecule has 0 saturated heterocycles. The van der Waals surface area contributed by atoms with Gasteiger partial charge in [-0.1, -0.05) is 50.2 Å². The van der Waals surface area contributed by atoms with Crippen LogP contribution in [0.1, 0.15) is 42.2 Å². The lowest BCUT2D eigenvalue weighted by Crippen LogP contribution is -2.29. The Kier molecular flexibility index (Phi) is 5.78. The summed E-state index contributed by atoms with van der Waals surface area (Å²) in [4.78, 5) is 12.7. The smallest absolute Gasteiger partial charge is 0.251 e. The van der Waals surface area contributed by atoms with Gasteiger partial charge in [-0.3, -0.25) is 4.79 Å². The molecule has 0 fully saturated rings. The van der Waals surface area contributed by atoms with Gasteiger partial charge in [0, 0.05) is 11.8 Å². The first-order valence-electron chi connectivity index (χ1n) is 7.93. The molecular weight excluding hydrogens is 322 g/mol. The molecule has 0 saturated carbocycles. The van der Waals surface area contributed by atoms with Crippen molar-refractivity contribution in [3.8, 4) is 0 Å². The maximum Gasteiger partial charge on any atom is 0.251 e. The summed E-state index contributed by atoms with van der Waals surface area (Å²) in [6.45, 7) is 4.21. The minimum Gasteiger partial charge on any atom is -0.345 e. The minimum atomic E-state index is -3.34. The van der Waals surface area contributed by atoms with Gasteiger partial charge in [0.2, 0.25) is 0 Å². The fourth-order valence-electron chi connectivity index (χ4n) is 2.54. The maximum atomic E-state index is 12.6. The second-order valence-corrected chi connectivity index (χ2v) is 8.38. The number of hydrogen-bond acceptors (Lipinski definition) is 3. The summed E-state index contributed by atoms with van der Waals surface area (Å²) in [6, 6.07) is 15.8. The lowest BCUT2D eigenvalue weighted by Gasteiger charge is -2.21. The van der Waals surface area contributed by atoms with Crippen LogP contribution in [0.5, 0.6) is 0 Å². The van der Waals surface area contributed by atoms with Crippen molar-refractivity contribution in [1.82, 2.24) is 5.32 Å². The molecule has 0 spiro atoms. The molecule has 128 valence electrons. The van der Waals surface area contributed by atoms with Crippen molar-refractivity contribution in [2.75, 3.05) is 6.26 Å². The molecule has 24 heavy (non-hydrogen) atoms. The van der Waals surface area contributed by atoms with Gasteiger partial charge in [-0.25, -0.2) is 8.42 Å². The van der Waals surface area contributed by atoms with E-state index in [0.717, 1.165) is 18.2 Å². The largest absolute Gasteiger partial charge is 0.345 e. The fraction of sp³-hybridized carbons (Fsp3) is 0.316. The Morgan fingerprint density at radius 2 is 1.71 bits per heavy atom. The van der Waals surface area contributed by atoms with Crippen molar-refractivity contribution in [2.45, 2.75) is 31.2 Å². The monoisotopic (exact) mass is 345 g/mol. The second-order valence-electron chi connectivity index (χ2n) is 6.37. The number of hydrogen-bond donors (Lipinski definition) is 1. The molecule has 4 nitrogen and oxygen atoms in total. The van der Waals surface area contributed by atoms with E-state index in [1.807, 2.05) is 30.3 Å². The molecule has 2 aromatic rings. The van der Waals surface area contributed by atoms with Crippen LogP contribution >= 0.6 is 0 Å². The normalized spacial score (nSPS) is 12.8.